The average Bonchev–Trinajstić information content (AvgIpc) is 3.15. The normalized spacial score (nSPS) is 20.8. The van der Waals surface area contributed by atoms with E-state index in [1.165, 1.54) is 16.7 Å². The van der Waals surface area contributed by atoms with E-state index in [1.807, 2.05) is 22.1 Å². The number of aryl methyl sites for hydroxylation is 2. The molecule has 0 bridgehead atoms. The minimum absolute atomic E-state index is 0.162. The molecule has 2 amide bonds. The molecule has 1 aromatic carbocycles. The molecule has 0 radical (unpaired) electrons. The number of hydrogen-bond donors (Lipinski definition) is 0. The number of benzene rings is 1. The number of amides is 2. The van der Waals surface area contributed by atoms with E-state index in [0.29, 0.717) is 25.3 Å². The highest BCUT2D eigenvalue weighted by molar-refractivity contribution is 9.10. The highest BCUT2D eigenvalue weighted by Crippen LogP contribution is 2.46. The molecule has 8 heteroatoms. The van der Waals surface area contributed by atoms with E-state index >= 15 is 0 Å². The topological polar surface area (TPSA) is 53.5 Å². The molecular formula is C26H28Br2ClN3O2. The number of carbonyl (C=O) groups is 2. The number of likely N-dealkylation sites (tertiary alicyclic amines) is 2. The quantitative estimate of drug-likeness (QED) is 0.444. The number of nitrogens with zero attached hydrogens (tertiary/aromatic N) is 3. The molecule has 3 heterocycles. The van der Waals surface area contributed by atoms with Crippen molar-refractivity contribution >= 4 is 55.3 Å². The Kier molecular flexibility index (Phi) is 7.33. The van der Waals surface area contributed by atoms with E-state index in [4.69, 9.17) is 16.6 Å². The second-order valence-electron chi connectivity index (χ2n) is 9.59. The van der Waals surface area contributed by atoms with Gasteiger partial charge in [-0.15, -0.1) is 0 Å². The Hall–Kier alpha value is -1.44. The summed E-state index contributed by atoms with van der Waals surface area (Å²) in [6.45, 7) is 2.84. The Morgan fingerprint density at radius 3 is 2.56 bits per heavy atom. The molecule has 2 fully saturated rings. The van der Waals surface area contributed by atoms with E-state index in [-0.39, 0.29) is 17.7 Å². The van der Waals surface area contributed by atoms with Gasteiger partial charge in [0.2, 0.25) is 11.8 Å². The van der Waals surface area contributed by atoms with Crippen LogP contribution in [0.4, 0.5) is 0 Å². The monoisotopic (exact) mass is 607 g/mol. The first-order valence-electron chi connectivity index (χ1n) is 12.1. The van der Waals surface area contributed by atoms with Gasteiger partial charge in [-0.25, -0.2) is 0 Å². The maximum Gasteiger partial charge on any atom is 0.224 e. The number of aromatic nitrogens is 1. The summed E-state index contributed by atoms with van der Waals surface area (Å²) in [6.07, 6.45) is 7.59. The van der Waals surface area contributed by atoms with Crippen molar-refractivity contribution in [1.82, 2.24) is 14.8 Å². The number of fused-ring (bicyclic) bond motifs is 2. The van der Waals surface area contributed by atoms with Crippen LogP contribution >= 0.6 is 43.5 Å². The van der Waals surface area contributed by atoms with Crippen LogP contribution in [-0.4, -0.2) is 52.8 Å². The van der Waals surface area contributed by atoms with Gasteiger partial charge < -0.3 is 9.80 Å². The second-order valence-corrected chi connectivity index (χ2v) is 11.8. The summed E-state index contributed by atoms with van der Waals surface area (Å²) < 4.78 is 2.05. The lowest BCUT2D eigenvalue weighted by molar-refractivity contribution is -0.134. The van der Waals surface area contributed by atoms with Gasteiger partial charge in [0.25, 0.3) is 0 Å². The largest absolute Gasteiger partial charge is 0.343 e. The van der Waals surface area contributed by atoms with Gasteiger partial charge in [0.15, 0.2) is 0 Å². The maximum atomic E-state index is 12.9. The molecule has 1 atom stereocenters. The van der Waals surface area contributed by atoms with Crippen LogP contribution in [0.2, 0.25) is 5.02 Å². The van der Waals surface area contributed by atoms with E-state index in [1.54, 1.807) is 0 Å². The van der Waals surface area contributed by atoms with Crippen LogP contribution in [0.15, 0.2) is 33.3 Å². The molecule has 3 aliphatic rings. The molecule has 0 spiro atoms. The molecule has 1 unspecified atom stereocenters. The average molecular weight is 610 g/mol. The minimum atomic E-state index is 0.162. The lowest BCUT2D eigenvalue weighted by Gasteiger charge is -2.37. The van der Waals surface area contributed by atoms with Gasteiger partial charge in [-0.1, -0.05) is 27.5 Å². The molecule has 0 saturated carbocycles. The van der Waals surface area contributed by atoms with Gasteiger partial charge in [-0.3, -0.25) is 14.6 Å². The fourth-order valence-corrected chi connectivity index (χ4v) is 7.34. The third-order valence-corrected chi connectivity index (χ3v) is 8.86. The Bertz CT molecular complexity index is 1120. The van der Waals surface area contributed by atoms with Gasteiger partial charge in [-0.05, 0) is 88.8 Å². The zero-order valence-corrected chi connectivity index (χ0v) is 23.0. The van der Waals surface area contributed by atoms with E-state index in [0.717, 1.165) is 71.4 Å². The molecular weight excluding hydrogens is 582 g/mol. The molecule has 2 aromatic rings. The number of carbonyl (C=O) groups excluding carboxylic acids is 2. The number of halogens is 3. The zero-order chi connectivity index (χ0) is 23.8. The lowest BCUT2D eigenvalue weighted by Crippen LogP contribution is -2.41. The van der Waals surface area contributed by atoms with E-state index in [2.05, 4.69) is 44.0 Å². The third kappa shape index (κ3) is 4.93. The predicted octanol–water partition coefficient (Wildman–Crippen LogP) is 5.74. The van der Waals surface area contributed by atoms with Crippen LogP contribution in [0.1, 0.15) is 60.4 Å². The molecule has 5 nitrogen and oxygen atoms in total. The fourth-order valence-electron chi connectivity index (χ4n) is 5.84. The van der Waals surface area contributed by atoms with Crippen molar-refractivity contribution in [3.63, 3.8) is 0 Å². The van der Waals surface area contributed by atoms with E-state index in [9.17, 15) is 9.59 Å². The molecule has 1 aliphatic carbocycles. The lowest BCUT2D eigenvalue weighted by atomic mass is 9.76. The van der Waals surface area contributed by atoms with Crippen molar-refractivity contribution in [3.8, 4) is 0 Å². The Balaban J connectivity index is 1.35. The first-order valence-corrected chi connectivity index (χ1v) is 14.0. The van der Waals surface area contributed by atoms with Crippen molar-refractivity contribution in [2.24, 2.45) is 5.92 Å². The van der Waals surface area contributed by atoms with Gasteiger partial charge in [0.05, 0.1) is 5.69 Å². The SMILES string of the molecule is O=C1CCCN1CCC(=O)N1CCC(C2c3ncc(Br)cc3CCc3cc(Cl)cc(Br)c32)CC1. The van der Waals surface area contributed by atoms with Crippen molar-refractivity contribution in [3.05, 3.63) is 60.7 Å². The number of hydrogen-bond acceptors (Lipinski definition) is 3. The fraction of sp³-hybridized carbons (Fsp3) is 0.500. The summed E-state index contributed by atoms with van der Waals surface area (Å²) in [5.41, 5.74) is 5.03. The number of pyridine rings is 1. The highest BCUT2D eigenvalue weighted by atomic mass is 79.9. The molecule has 2 saturated heterocycles. The summed E-state index contributed by atoms with van der Waals surface area (Å²) in [4.78, 5) is 33.5. The summed E-state index contributed by atoms with van der Waals surface area (Å²) in [7, 11) is 0. The molecule has 0 N–H and O–H groups in total. The summed E-state index contributed by atoms with van der Waals surface area (Å²) in [6, 6.07) is 6.30. The van der Waals surface area contributed by atoms with Gasteiger partial charge in [-0.2, -0.15) is 0 Å². The predicted molar refractivity (Wildman–Crippen MR) is 140 cm³/mol. The molecule has 180 valence electrons. The standard InChI is InChI=1S/C26H28Br2ClN3O2/c27-19-12-18-4-3-17-13-20(29)14-21(28)24(17)25(26(18)30-15-19)16-5-9-32(10-6-16)23(34)7-11-31-8-1-2-22(31)33/h12-16,25H,1-11H2. The Labute approximate surface area is 222 Å². The minimum Gasteiger partial charge on any atom is -0.343 e. The smallest absolute Gasteiger partial charge is 0.224 e. The number of rotatable bonds is 4. The van der Waals surface area contributed by atoms with Crippen molar-refractivity contribution in [1.29, 1.82) is 0 Å². The first kappa shape index (κ1) is 24.3. The van der Waals surface area contributed by atoms with Gasteiger partial charge in [0, 0.05) is 65.1 Å². The van der Waals surface area contributed by atoms with Gasteiger partial charge >= 0.3 is 0 Å². The van der Waals surface area contributed by atoms with E-state index < -0.39 is 0 Å². The first-order chi connectivity index (χ1) is 16.4. The van der Waals surface area contributed by atoms with Crippen molar-refractivity contribution < 1.29 is 9.59 Å². The Morgan fingerprint density at radius 2 is 1.82 bits per heavy atom. The van der Waals surface area contributed by atoms with Crippen LogP contribution < -0.4 is 0 Å². The van der Waals surface area contributed by atoms with Crippen LogP contribution in [0.25, 0.3) is 0 Å². The molecule has 5 rings (SSSR count). The van der Waals surface area contributed by atoms with Crippen LogP contribution in [-0.2, 0) is 22.4 Å². The molecule has 1 aromatic heterocycles. The van der Waals surface area contributed by atoms with Crippen molar-refractivity contribution in [2.45, 2.75) is 50.9 Å². The van der Waals surface area contributed by atoms with Crippen molar-refractivity contribution in [2.75, 3.05) is 26.2 Å². The highest BCUT2D eigenvalue weighted by Gasteiger charge is 2.36. The van der Waals surface area contributed by atoms with Crippen LogP contribution in [0.5, 0.6) is 0 Å². The Morgan fingerprint density at radius 1 is 1.06 bits per heavy atom. The summed E-state index contributed by atoms with van der Waals surface area (Å²) in [5, 5.41) is 0.751. The maximum absolute atomic E-state index is 12.9. The summed E-state index contributed by atoms with van der Waals surface area (Å²) in [5.74, 6) is 0.912. The van der Waals surface area contributed by atoms with Crippen LogP contribution in [0, 0.1) is 5.92 Å². The zero-order valence-electron chi connectivity index (χ0n) is 19.0. The summed E-state index contributed by atoms with van der Waals surface area (Å²) >= 11 is 13.8. The third-order valence-electron chi connectivity index (χ3n) is 7.55. The number of piperidine rings is 1. The van der Waals surface area contributed by atoms with Crippen LogP contribution in [0.3, 0.4) is 0 Å². The second kappa shape index (κ2) is 10.3. The van der Waals surface area contributed by atoms with Gasteiger partial charge in [0.1, 0.15) is 0 Å². The molecule has 34 heavy (non-hydrogen) atoms. The molecule has 2 aliphatic heterocycles.